The van der Waals surface area contributed by atoms with Gasteiger partial charge in [-0.15, -0.1) is 0 Å². The fourth-order valence-electron chi connectivity index (χ4n) is 4.01. The van der Waals surface area contributed by atoms with Crippen molar-refractivity contribution in [1.82, 2.24) is 14.7 Å². The first-order valence-corrected chi connectivity index (χ1v) is 11.5. The van der Waals surface area contributed by atoms with Gasteiger partial charge >= 0.3 is 0 Å². The highest BCUT2D eigenvalue weighted by atomic mass is 16.5. The molecule has 2 aromatic carbocycles. The lowest BCUT2D eigenvalue weighted by atomic mass is 9.90. The summed E-state index contributed by atoms with van der Waals surface area (Å²) in [7, 11) is 0. The van der Waals surface area contributed by atoms with Crippen LogP contribution in [-0.2, 0) is 16.1 Å². The SMILES string of the molecule is O=C(CCOc1ccccc1)Nc1cnn(CC(=O)N2CCC[C@H](C(=O)c3ccccc3)C2)c1. The van der Waals surface area contributed by atoms with Crippen LogP contribution >= 0.6 is 0 Å². The van der Waals surface area contributed by atoms with E-state index in [0.717, 1.165) is 12.8 Å². The summed E-state index contributed by atoms with van der Waals surface area (Å²) in [5.74, 6) is 0.319. The molecular weight excluding hydrogens is 432 g/mol. The molecule has 0 unspecified atom stereocenters. The number of hydrogen-bond acceptors (Lipinski definition) is 5. The molecule has 4 rings (SSSR count). The van der Waals surface area contributed by atoms with Crippen LogP contribution in [0.2, 0.25) is 0 Å². The van der Waals surface area contributed by atoms with Gasteiger partial charge in [-0.2, -0.15) is 5.10 Å². The first-order chi connectivity index (χ1) is 16.6. The average Bonchev–Trinajstić information content (AvgIpc) is 3.31. The maximum absolute atomic E-state index is 12.8. The first kappa shape index (κ1) is 23.2. The maximum atomic E-state index is 12.8. The zero-order valence-electron chi connectivity index (χ0n) is 18.9. The van der Waals surface area contributed by atoms with Crippen molar-refractivity contribution >= 4 is 23.3 Å². The third-order valence-electron chi connectivity index (χ3n) is 5.76. The summed E-state index contributed by atoms with van der Waals surface area (Å²) >= 11 is 0. The Bertz CT molecular complexity index is 1110. The molecule has 8 nitrogen and oxygen atoms in total. The van der Waals surface area contributed by atoms with Gasteiger partial charge in [-0.3, -0.25) is 19.1 Å². The molecule has 0 spiro atoms. The van der Waals surface area contributed by atoms with E-state index < -0.39 is 0 Å². The van der Waals surface area contributed by atoms with E-state index in [9.17, 15) is 14.4 Å². The van der Waals surface area contributed by atoms with Crippen LogP contribution in [0.5, 0.6) is 5.75 Å². The Labute approximate surface area is 198 Å². The van der Waals surface area contributed by atoms with Crippen LogP contribution < -0.4 is 10.1 Å². The van der Waals surface area contributed by atoms with Gasteiger partial charge in [-0.25, -0.2) is 0 Å². The number of Topliss-reactive ketones (excluding diaryl/α,β-unsaturated/α-hetero) is 1. The molecule has 1 aromatic heterocycles. The molecule has 1 N–H and O–H groups in total. The van der Waals surface area contributed by atoms with E-state index >= 15 is 0 Å². The second-order valence-corrected chi connectivity index (χ2v) is 8.30. The summed E-state index contributed by atoms with van der Waals surface area (Å²) in [4.78, 5) is 39.5. The lowest BCUT2D eigenvalue weighted by Crippen LogP contribution is -2.43. The number of benzene rings is 2. The number of para-hydroxylation sites is 1. The Hall–Kier alpha value is -3.94. The van der Waals surface area contributed by atoms with Gasteiger partial charge in [0.05, 0.1) is 24.9 Å². The first-order valence-electron chi connectivity index (χ1n) is 11.5. The Kier molecular flexibility index (Phi) is 7.70. The van der Waals surface area contributed by atoms with Crippen LogP contribution in [0.15, 0.2) is 73.1 Å². The van der Waals surface area contributed by atoms with Gasteiger partial charge < -0.3 is 15.0 Å². The third kappa shape index (κ3) is 6.31. The van der Waals surface area contributed by atoms with E-state index in [-0.39, 0.29) is 43.1 Å². The monoisotopic (exact) mass is 460 g/mol. The highest BCUT2D eigenvalue weighted by Gasteiger charge is 2.29. The number of nitrogens with one attached hydrogen (secondary N) is 1. The van der Waals surface area contributed by atoms with E-state index in [1.165, 1.54) is 10.9 Å². The molecule has 176 valence electrons. The van der Waals surface area contributed by atoms with Crippen LogP contribution in [0, 0.1) is 5.92 Å². The van der Waals surface area contributed by atoms with Crippen molar-refractivity contribution in [2.75, 3.05) is 25.0 Å². The van der Waals surface area contributed by atoms with Crippen molar-refractivity contribution in [3.8, 4) is 5.75 Å². The maximum Gasteiger partial charge on any atom is 0.244 e. The lowest BCUT2D eigenvalue weighted by molar-refractivity contribution is -0.133. The number of carbonyl (C=O) groups excluding carboxylic acids is 3. The van der Waals surface area contributed by atoms with Gasteiger partial charge in [-0.05, 0) is 25.0 Å². The topological polar surface area (TPSA) is 93.5 Å². The number of ether oxygens (including phenoxy) is 1. The van der Waals surface area contributed by atoms with E-state index in [2.05, 4.69) is 10.4 Å². The summed E-state index contributed by atoms with van der Waals surface area (Å²) in [5, 5.41) is 6.96. The largest absolute Gasteiger partial charge is 0.493 e. The Morgan fingerprint density at radius 3 is 2.53 bits per heavy atom. The molecule has 1 saturated heterocycles. The van der Waals surface area contributed by atoms with E-state index in [0.29, 0.717) is 30.1 Å². The van der Waals surface area contributed by atoms with E-state index in [1.807, 2.05) is 60.7 Å². The lowest BCUT2D eigenvalue weighted by Gasteiger charge is -2.32. The third-order valence-corrected chi connectivity index (χ3v) is 5.76. The fourth-order valence-corrected chi connectivity index (χ4v) is 4.01. The Morgan fingerprint density at radius 1 is 1.03 bits per heavy atom. The highest BCUT2D eigenvalue weighted by Crippen LogP contribution is 2.21. The number of nitrogens with zero attached hydrogens (tertiary/aromatic N) is 3. The van der Waals surface area contributed by atoms with E-state index in [1.54, 1.807) is 11.1 Å². The number of piperidine rings is 1. The molecule has 0 aliphatic carbocycles. The molecule has 0 radical (unpaired) electrons. The van der Waals surface area contributed by atoms with Gasteiger partial charge in [0, 0.05) is 30.8 Å². The number of hydrogen-bond donors (Lipinski definition) is 1. The molecule has 2 amide bonds. The van der Waals surface area contributed by atoms with Crippen molar-refractivity contribution in [1.29, 1.82) is 0 Å². The molecule has 1 atom stereocenters. The van der Waals surface area contributed by atoms with Gasteiger partial charge in [0.15, 0.2) is 5.78 Å². The summed E-state index contributed by atoms with van der Waals surface area (Å²) < 4.78 is 7.04. The van der Waals surface area contributed by atoms with Gasteiger partial charge in [0.2, 0.25) is 11.8 Å². The Balaban J connectivity index is 1.24. The molecule has 1 aliphatic heterocycles. The quantitative estimate of drug-likeness (QED) is 0.494. The average molecular weight is 461 g/mol. The van der Waals surface area contributed by atoms with Crippen molar-refractivity contribution in [2.24, 2.45) is 5.92 Å². The van der Waals surface area contributed by atoms with Crippen molar-refractivity contribution in [2.45, 2.75) is 25.8 Å². The fraction of sp³-hybridized carbons (Fsp3) is 0.308. The second-order valence-electron chi connectivity index (χ2n) is 8.30. The number of carbonyl (C=O) groups is 3. The van der Waals surface area contributed by atoms with Crippen molar-refractivity contribution in [3.05, 3.63) is 78.6 Å². The smallest absolute Gasteiger partial charge is 0.244 e. The van der Waals surface area contributed by atoms with Crippen molar-refractivity contribution < 1.29 is 19.1 Å². The van der Waals surface area contributed by atoms with Crippen LogP contribution in [-0.4, -0.2) is 52.0 Å². The standard InChI is InChI=1S/C26H28N4O4/c31-24(13-15-34-23-11-5-2-6-12-23)28-22-16-27-30(18-22)19-25(32)29-14-7-10-21(17-29)26(33)20-8-3-1-4-9-20/h1-6,8-9,11-12,16,18,21H,7,10,13-15,17,19H2,(H,28,31)/t21-/m0/s1. The number of anilines is 1. The van der Waals surface area contributed by atoms with Crippen LogP contribution in [0.3, 0.4) is 0 Å². The normalized spacial score (nSPS) is 15.5. The number of ketones is 1. The number of amides is 2. The summed E-state index contributed by atoms with van der Waals surface area (Å²) in [6.07, 6.45) is 4.92. The number of aromatic nitrogens is 2. The van der Waals surface area contributed by atoms with Crippen LogP contribution in [0.4, 0.5) is 5.69 Å². The summed E-state index contributed by atoms with van der Waals surface area (Å²) in [6.45, 7) is 1.36. The number of rotatable bonds is 9. The molecule has 0 bridgehead atoms. The molecule has 2 heterocycles. The minimum Gasteiger partial charge on any atom is -0.493 e. The van der Waals surface area contributed by atoms with Crippen LogP contribution in [0.1, 0.15) is 29.6 Å². The molecule has 34 heavy (non-hydrogen) atoms. The van der Waals surface area contributed by atoms with Gasteiger partial charge in [0.1, 0.15) is 12.3 Å². The summed E-state index contributed by atoms with van der Waals surface area (Å²) in [6, 6.07) is 18.5. The zero-order chi connectivity index (χ0) is 23.8. The zero-order valence-corrected chi connectivity index (χ0v) is 18.9. The predicted octanol–water partition coefficient (Wildman–Crippen LogP) is 3.41. The molecule has 1 fully saturated rings. The molecule has 0 saturated carbocycles. The number of likely N-dealkylation sites (tertiary alicyclic amines) is 1. The van der Waals surface area contributed by atoms with Gasteiger partial charge in [-0.1, -0.05) is 48.5 Å². The molecular formula is C26H28N4O4. The minimum absolute atomic E-state index is 0.0548. The summed E-state index contributed by atoms with van der Waals surface area (Å²) in [5.41, 5.74) is 1.21. The molecule has 8 heteroatoms. The van der Waals surface area contributed by atoms with Crippen LogP contribution in [0.25, 0.3) is 0 Å². The van der Waals surface area contributed by atoms with Crippen molar-refractivity contribution in [3.63, 3.8) is 0 Å². The Morgan fingerprint density at radius 2 is 1.76 bits per heavy atom. The highest BCUT2D eigenvalue weighted by molar-refractivity contribution is 5.98. The minimum atomic E-state index is -0.194. The van der Waals surface area contributed by atoms with Gasteiger partial charge in [0.25, 0.3) is 0 Å². The van der Waals surface area contributed by atoms with E-state index in [4.69, 9.17) is 4.74 Å². The molecule has 1 aliphatic rings. The second kappa shape index (κ2) is 11.3. The molecule has 3 aromatic rings. The predicted molar refractivity (Wildman–Crippen MR) is 127 cm³/mol.